The van der Waals surface area contributed by atoms with Crippen molar-refractivity contribution in [2.24, 2.45) is 0 Å². The number of aliphatic carboxylic acids is 1. The Hall–Kier alpha value is -2.18. The maximum Gasteiger partial charge on any atom is 0.188 e. The monoisotopic (exact) mass is 335 g/mol. The van der Waals surface area contributed by atoms with Crippen LogP contribution in [0.1, 0.15) is 5.56 Å². The summed E-state index contributed by atoms with van der Waals surface area (Å²) < 4.78 is 14.0. The Morgan fingerprint density at radius 3 is 2.86 bits per heavy atom. The summed E-state index contributed by atoms with van der Waals surface area (Å²) in [6.45, 7) is 0. The third-order valence-electron chi connectivity index (χ3n) is 2.97. The van der Waals surface area contributed by atoms with E-state index >= 15 is 0 Å². The number of hydrogen-bond donors (Lipinski definition) is 1. The van der Waals surface area contributed by atoms with Gasteiger partial charge in [0.25, 0.3) is 0 Å². The van der Waals surface area contributed by atoms with Crippen molar-refractivity contribution in [3.05, 3.63) is 52.8 Å². The van der Waals surface area contributed by atoms with E-state index in [2.05, 4.69) is 10.3 Å². The summed E-state index contributed by atoms with van der Waals surface area (Å²) in [5.41, 5.74) is 1.72. The molecule has 2 aromatic carbocycles. The molecule has 7 heteroatoms. The average molecular weight is 336 g/mol. The quantitative estimate of drug-likeness (QED) is 0.795. The van der Waals surface area contributed by atoms with Gasteiger partial charge in [0.15, 0.2) is 5.13 Å². The van der Waals surface area contributed by atoms with Gasteiger partial charge in [-0.2, -0.15) is 0 Å². The molecule has 22 heavy (non-hydrogen) atoms. The molecule has 1 heterocycles. The van der Waals surface area contributed by atoms with E-state index in [-0.39, 0.29) is 12.2 Å². The number of carboxylic acids is 1. The topological polar surface area (TPSA) is 65.0 Å². The molecule has 112 valence electrons. The first-order chi connectivity index (χ1) is 10.5. The number of hydrogen-bond acceptors (Lipinski definition) is 5. The number of carboxylic acid groups (broad SMARTS) is 1. The highest BCUT2D eigenvalue weighted by atomic mass is 35.5. The zero-order chi connectivity index (χ0) is 15.7. The van der Waals surface area contributed by atoms with Gasteiger partial charge in [-0.3, -0.25) is 0 Å². The van der Waals surface area contributed by atoms with E-state index in [1.165, 1.54) is 23.5 Å². The lowest BCUT2D eigenvalue weighted by Crippen LogP contribution is -2.24. The highest BCUT2D eigenvalue weighted by Crippen LogP contribution is 2.31. The van der Waals surface area contributed by atoms with E-state index in [4.69, 9.17) is 11.6 Å². The van der Waals surface area contributed by atoms with Crippen molar-refractivity contribution in [2.75, 3.05) is 5.32 Å². The molecular formula is C15H9ClFN2O2S-. The van der Waals surface area contributed by atoms with Gasteiger partial charge in [-0.15, -0.1) is 0 Å². The Labute approximate surface area is 134 Å². The van der Waals surface area contributed by atoms with E-state index in [9.17, 15) is 14.3 Å². The highest BCUT2D eigenvalue weighted by Gasteiger charge is 2.08. The highest BCUT2D eigenvalue weighted by molar-refractivity contribution is 7.22. The van der Waals surface area contributed by atoms with Gasteiger partial charge in [-0.25, -0.2) is 9.37 Å². The molecule has 0 aliphatic carbocycles. The van der Waals surface area contributed by atoms with Crippen LogP contribution < -0.4 is 10.4 Å². The first-order valence-corrected chi connectivity index (χ1v) is 7.52. The zero-order valence-corrected chi connectivity index (χ0v) is 12.7. The fraction of sp³-hybridized carbons (Fsp3) is 0.0667. The smallest absolute Gasteiger partial charge is 0.188 e. The summed E-state index contributed by atoms with van der Waals surface area (Å²) in [7, 11) is 0. The van der Waals surface area contributed by atoms with Crippen molar-refractivity contribution in [1.29, 1.82) is 0 Å². The van der Waals surface area contributed by atoms with Gasteiger partial charge in [-0.05, 0) is 29.8 Å². The minimum Gasteiger partial charge on any atom is -0.550 e. The van der Waals surface area contributed by atoms with Crippen LogP contribution in [0.3, 0.4) is 0 Å². The molecule has 3 rings (SSSR count). The van der Waals surface area contributed by atoms with Crippen molar-refractivity contribution in [3.8, 4) is 0 Å². The fourth-order valence-corrected chi connectivity index (χ4v) is 3.11. The number of nitrogens with one attached hydrogen (secondary N) is 1. The Bertz CT molecular complexity index is 866. The SMILES string of the molecule is O=C([O-])Cc1ccc(Nc2nc3cc(F)ccc3s2)c(Cl)c1. The van der Waals surface area contributed by atoms with Gasteiger partial charge >= 0.3 is 0 Å². The molecule has 0 atom stereocenters. The first-order valence-electron chi connectivity index (χ1n) is 6.32. The third kappa shape index (κ3) is 3.18. The van der Waals surface area contributed by atoms with Crippen LogP contribution in [0.5, 0.6) is 0 Å². The molecule has 4 nitrogen and oxygen atoms in total. The minimum absolute atomic E-state index is 0.194. The average Bonchev–Trinajstić information content (AvgIpc) is 2.82. The van der Waals surface area contributed by atoms with Gasteiger partial charge in [0, 0.05) is 18.5 Å². The van der Waals surface area contributed by atoms with Crippen molar-refractivity contribution >= 4 is 49.9 Å². The second kappa shape index (κ2) is 5.90. The maximum absolute atomic E-state index is 13.2. The number of carbonyl (C=O) groups excluding carboxylic acids is 1. The molecule has 0 bridgehead atoms. The van der Waals surface area contributed by atoms with Crippen LogP contribution in [0, 0.1) is 5.82 Å². The van der Waals surface area contributed by atoms with Gasteiger partial charge in [0.05, 0.1) is 20.9 Å². The normalized spacial score (nSPS) is 10.8. The Balaban J connectivity index is 1.86. The number of carbonyl (C=O) groups is 1. The van der Waals surface area contributed by atoms with Crippen molar-refractivity contribution < 1.29 is 14.3 Å². The Morgan fingerprint density at radius 1 is 1.32 bits per heavy atom. The number of fused-ring (bicyclic) bond motifs is 1. The second-order valence-corrected chi connectivity index (χ2v) is 6.06. The van der Waals surface area contributed by atoms with Crippen LogP contribution in [-0.2, 0) is 11.2 Å². The number of aromatic nitrogens is 1. The molecule has 0 unspecified atom stereocenters. The summed E-state index contributed by atoms with van der Waals surface area (Å²) in [6, 6.07) is 9.29. The number of nitrogens with zero attached hydrogens (tertiary/aromatic N) is 1. The van der Waals surface area contributed by atoms with E-state index in [0.29, 0.717) is 26.9 Å². The van der Waals surface area contributed by atoms with Crippen molar-refractivity contribution in [2.45, 2.75) is 6.42 Å². The fourth-order valence-electron chi connectivity index (χ4n) is 2.01. The molecule has 0 radical (unpaired) electrons. The molecule has 0 aliphatic rings. The van der Waals surface area contributed by atoms with Crippen LogP contribution >= 0.6 is 22.9 Å². The Kier molecular flexibility index (Phi) is 3.96. The summed E-state index contributed by atoms with van der Waals surface area (Å²) in [5.74, 6) is -1.50. The summed E-state index contributed by atoms with van der Waals surface area (Å²) >= 11 is 7.50. The van der Waals surface area contributed by atoms with E-state index in [0.717, 1.165) is 4.70 Å². The molecule has 3 aromatic rings. The van der Waals surface area contributed by atoms with Crippen LogP contribution in [0.4, 0.5) is 15.2 Å². The number of halogens is 2. The van der Waals surface area contributed by atoms with Crippen molar-refractivity contribution in [1.82, 2.24) is 4.98 Å². The molecule has 0 amide bonds. The molecule has 1 N–H and O–H groups in total. The lowest BCUT2D eigenvalue weighted by atomic mass is 10.1. The lowest BCUT2D eigenvalue weighted by molar-refractivity contribution is -0.304. The summed E-state index contributed by atoms with van der Waals surface area (Å²) in [6.07, 6.45) is -0.194. The van der Waals surface area contributed by atoms with Gasteiger partial charge in [-0.1, -0.05) is 29.0 Å². The standard InChI is InChI=1S/C15H10ClFN2O2S/c16-10-5-8(6-14(20)21)1-3-11(10)18-15-19-12-7-9(17)2-4-13(12)22-15/h1-5,7H,6H2,(H,18,19)(H,20,21)/p-1. The van der Waals surface area contributed by atoms with Crippen LogP contribution in [0.25, 0.3) is 10.2 Å². The second-order valence-electron chi connectivity index (χ2n) is 4.62. The zero-order valence-electron chi connectivity index (χ0n) is 11.1. The molecule has 1 aromatic heterocycles. The number of rotatable bonds is 4. The number of thiazole rings is 1. The number of benzene rings is 2. The maximum atomic E-state index is 13.2. The summed E-state index contributed by atoms with van der Waals surface area (Å²) in [4.78, 5) is 14.9. The Morgan fingerprint density at radius 2 is 2.14 bits per heavy atom. The van der Waals surface area contributed by atoms with Gasteiger partial charge in [0.2, 0.25) is 0 Å². The lowest BCUT2D eigenvalue weighted by Gasteiger charge is -2.08. The largest absolute Gasteiger partial charge is 0.550 e. The van der Waals surface area contributed by atoms with E-state index < -0.39 is 5.97 Å². The van der Waals surface area contributed by atoms with Crippen LogP contribution in [0.2, 0.25) is 5.02 Å². The van der Waals surface area contributed by atoms with E-state index in [1.807, 2.05) is 0 Å². The van der Waals surface area contributed by atoms with Gasteiger partial charge in [0.1, 0.15) is 5.82 Å². The minimum atomic E-state index is -1.16. The molecule has 0 saturated heterocycles. The number of anilines is 2. The summed E-state index contributed by atoms with van der Waals surface area (Å²) in [5, 5.41) is 14.6. The molecule has 0 saturated carbocycles. The van der Waals surface area contributed by atoms with Crippen LogP contribution in [0.15, 0.2) is 36.4 Å². The van der Waals surface area contributed by atoms with Gasteiger partial charge < -0.3 is 15.2 Å². The molecular weight excluding hydrogens is 327 g/mol. The van der Waals surface area contributed by atoms with Crippen molar-refractivity contribution in [3.63, 3.8) is 0 Å². The van der Waals surface area contributed by atoms with Crippen LogP contribution in [-0.4, -0.2) is 11.0 Å². The molecule has 0 aliphatic heterocycles. The molecule has 0 spiro atoms. The third-order valence-corrected chi connectivity index (χ3v) is 4.24. The molecule has 0 fully saturated rings. The predicted molar refractivity (Wildman–Crippen MR) is 83.0 cm³/mol. The first kappa shape index (κ1) is 14.7. The van der Waals surface area contributed by atoms with E-state index in [1.54, 1.807) is 24.3 Å². The predicted octanol–water partition coefficient (Wildman–Crippen LogP) is 3.12.